The Morgan fingerprint density at radius 1 is 1.12 bits per heavy atom. The third-order valence-electron chi connectivity index (χ3n) is 5.01. The van der Waals surface area contributed by atoms with Gasteiger partial charge in [-0.25, -0.2) is 4.98 Å². The van der Waals surface area contributed by atoms with Crippen LogP contribution in [0.3, 0.4) is 0 Å². The number of rotatable bonds is 6. The van der Waals surface area contributed by atoms with Crippen molar-refractivity contribution in [3.8, 4) is 0 Å². The number of aryl methyl sites for hydroxylation is 1. The fourth-order valence-electron chi connectivity index (χ4n) is 3.21. The van der Waals surface area contributed by atoms with Crippen LogP contribution in [0.5, 0.6) is 0 Å². The van der Waals surface area contributed by atoms with Gasteiger partial charge in [-0.1, -0.05) is 41.9 Å². The second kappa shape index (κ2) is 7.12. The molecule has 0 aliphatic heterocycles. The molecule has 0 unspecified atom stereocenters. The Bertz CT molecular complexity index is 936. The lowest BCUT2D eigenvalue weighted by Crippen LogP contribution is -2.19. The highest BCUT2D eigenvalue weighted by Crippen LogP contribution is 2.35. The van der Waals surface area contributed by atoms with Crippen LogP contribution in [0, 0.1) is 12.8 Å². The molecule has 1 aliphatic rings. The van der Waals surface area contributed by atoms with Crippen molar-refractivity contribution >= 4 is 34.3 Å². The van der Waals surface area contributed by atoms with Gasteiger partial charge in [0.2, 0.25) is 5.95 Å². The monoisotopic (exact) mass is 366 g/mol. The van der Waals surface area contributed by atoms with Crippen molar-refractivity contribution in [2.75, 3.05) is 10.6 Å². The molecule has 5 heteroatoms. The zero-order chi connectivity index (χ0) is 18.1. The van der Waals surface area contributed by atoms with Gasteiger partial charge in [0, 0.05) is 23.0 Å². The van der Waals surface area contributed by atoms with E-state index >= 15 is 0 Å². The van der Waals surface area contributed by atoms with E-state index in [2.05, 4.69) is 28.6 Å². The zero-order valence-electron chi connectivity index (χ0n) is 15.1. The number of aromatic nitrogens is 2. The van der Waals surface area contributed by atoms with Crippen LogP contribution in [0.2, 0.25) is 5.02 Å². The molecule has 2 N–H and O–H groups in total. The first-order chi connectivity index (χ1) is 12.6. The largest absolute Gasteiger partial charge is 0.367 e. The van der Waals surface area contributed by atoms with Crippen LogP contribution in [-0.4, -0.2) is 16.0 Å². The van der Waals surface area contributed by atoms with Crippen LogP contribution in [0.25, 0.3) is 10.9 Å². The Labute approximate surface area is 159 Å². The fourth-order valence-corrected chi connectivity index (χ4v) is 3.41. The summed E-state index contributed by atoms with van der Waals surface area (Å²) in [6, 6.07) is 14.6. The first-order valence-corrected chi connectivity index (χ1v) is 9.51. The minimum atomic E-state index is 0.423. The van der Waals surface area contributed by atoms with Crippen molar-refractivity contribution in [2.24, 2.45) is 5.92 Å². The Morgan fingerprint density at radius 3 is 2.73 bits per heavy atom. The van der Waals surface area contributed by atoms with Crippen molar-refractivity contribution in [3.63, 3.8) is 0 Å². The summed E-state index contributed by atoms with van der Waals surface area (Å²) in [6.07, 6.45) is 2.60. The molecule has 4 nitrogen and oxygen atoms in total. The molecular formula is C21H23ClN4. The average Bonchev–Trinajstić information content (AvgIpc) is 3.48. The lowest BCUT2D eigenvalue weighted by Gasteiger charge is -2.16. The molecule has 0 amide bonds. The molecule has 1 saturated carbocycles. The summed E-state index contributed by atoms with van der Waals surface area (Å²) in [4.78, 5) is 9.41. The molecule has 134 valence electrons. The lowest BCUT2D eigenvalue weighted by molar-refractivity contribution is 0.691. The summed E-state index contributed by atoms with van der Waals surface area (Å²) in [6.45, 7) is 4.84. The molecule has 26 heavy (non-hydrogen) atoms. The topological polar surface area (TPSA) is 49.8 Å². The summed E-state index contributed by atoms with van der Waals surface area (Å²) in [7, 11) is 0. The molecule has 0 spiro atoms. The highest BCUT2D eigenvalue weighted by molar-refractivity contribution is 6.32. The number of anilines is 2. The summed E-state index contributed by atoms with van der Waals surface area (Å²) in [5, 5.41) is 8.77. The number of para-hydroxylation sites is 1. The number of nitrogens with one attached hydrogen (secondary N) is 2. The van der Waals surface area contributed by atoms with Crippen LogP contribution in [0.15, 0.2) is 42.5 Å². The summed E-state index contributed by atoms with van der Waals surface area (Å²) < 4.78 is 0. The molecular weight excluding hydrogens is 344 g/mol. The third kappa shape index (κ3) is 3.61. The van der Waals surface area contributed by atoms with Gasteiger partial charge in [0.1, 0.15) is 5.82 Å². The van der Waals surface area contributed by atoms with E-state index in [9.17, 15) is 0 Å². The van der Waals surface area contributed by atoms with E-state index in [4.69, 9.17) is 16.6 Å². The molecule has 0 radical (unpaired) electrons. The first kappa shape index (κ1) is 17.1. The molecule has 1 aliphatic carbocycles. The van der Waals surface area contributed by atoms with E-state index in [0.29, 0.717) is 18.5 Å². The summed E-state index contributed by atoms with van der Waals surface area (Å²) in [5.41, 5.74) is 3.06. The Kier molecular flexibility index (Phi) is 4.68. The van der Waals surface area contributed by atoms with Gasteiger partial charge in [-0.2, -0.15) is 4.98 Å². The van der Waals surface area contributed by atoms with E-state index < -0.39 is 0 Å². The van der Waals surface area contributed by atoms with Gasteiger partial charge < -0.3 is 10.6 Å². The standard InChI is InChI=1S/C21H23ClN4/c1-13-6-5-7-16(19(13)22)12-23-21-25-18-9-4-3-8-17(18)20(26-21)24-14(2)15-10-11-15/h3-9,14-15H,10-12H2,1-2H3,(H2,23,24,25,26)/t14-/m1/s1. The highest BCUT2D eigenvalue weighted by Gasteiger charge is 2.28. The van der Waals surface area contributed by atoms with Gasteiger partial charge >= 0.3 is 0 Å². The van der Waals surface area contributed by atoms with Crippen LogP contribution in [0.4, 0.5) is 11.8 Å². The second-order valence-corrected chi connectivity index (χ2v) is 7.46. The maximum Gasteiger partial charge on any atom is 0.225 e. The number of hydrogen-bond acceptors (Lipinski definition) is 4. The molecule has 1 aromatic heterocycles. The van der Waals surface area contributed by atoms with E-state index in [1.165, 1.54) is 12.8 Å². The maximum atomic E-state index is 6.40. The number of halogens is 1. The molecule has 1 heterocycles. The van der Waals surface area contributed by atoms with Gasteiger partial charge in [0.05, 0.1) is 5.52 Å². The summed E-state index contributed by atoms with van der Waals surface area (Å²) in [5.74, 6) is 2.27. The lowest BCUT2D eigenvalue weighted by atomic mass is 10.1. The van der Waals surface area contributed by atoms with Crippen molar-refractivity contribution in [1.82, 2.24) is 9.97 Å². The van der Waals surface area contributed by atoms with Gasteiger partial charge in [-0.3, -0.25) is 0 Å². The predicted octanol–water partition coefficient (Wildman–Crippen LogP) is 5.41. The Balaban J connectivity index is 1.61. The highest BCUT2D eigenvalue weighted by atomic mass is 35.5. The molecule has 0 saturated heterocycles. The van der Waals surface area contributed by atoms with Crippen LogP contribution < -0.4 is 10.6 Å². The quantitative estimate of drug-likeness (QED) is 0.612. The molecule has 1 fully saturated rings. The Hall–Kier alpha value is -2.33. The Morgan fingerprint density at radius 2 is 1.92 bits per heavy atom. The van der Waals surface area contributed by atoms with E-state index in [0.717, 1.165) is 38.8 Å². The average molecular weight is 367 g/mol. The van der Waals surface area contributed by atoms with Crippen molar-refractivity contribution < 1.29 is 0 Å². The molecule has 3 aromatic rings. The number of fused-ring (bicyclic) bond motifs is 1. The number of benzene rings is 2. The van der Waals surface area contributed by atoms with Crippen molar-refractivity contribution in [1.29, 1.82) is 0 Å². The van der Waals surface area contributed by atoms with Crippen LogP contribution in [-0.2, 0) is 6.54 Å². The number of hydrogen-bond donors (Lipinski definition) is 2. The SMILES string of the molecule is Cc1cccc(CNc2nc(N[C@H](C)C3CC3)c3ccccc3n2)c1Cl. The number of nitrogens with zero attached hydrogens (tertiary/aromatic N) is 2. The van der Waals surface area contributed by atoms with Crippen LogP contribution >= 0.6 is 11.6 Å². The predicted molar refractivity (Wildman–Crippen MR) is 109 cm³/mol. The van der Waals surface area contributed by atoms with Gasteiger partial charge in [-0.05, 0) is 55.9 Å². The zero-order valence-corrected chi connectivity index (χ0v) is 15.8. The minimum Gasteiger partial charge on any atom is -0.367 e. The molecule has 4 rings (SSSR count). The van der Waals surface area contributed by atoms with E-state index in [1.54, 1.807) is 0 Å². The molecule has 1 atom stereocenters. The first-order valence-electron chi connectivity index (χ1n) is 9.13. The van der Waals surface area contributed by atoms with E-state index in [-0.39, 0.29) is 0 Å². The minimum absolute atomic E-state index is 0.423. The third-order valence-corrected chi connectivity index (χ3v) is 5.55. The van der Waals surface area contributed by atoms with Gasteiger partial charge in [0.15, 0.2) is 0 Å². The van der Waals surface area contributed by atoms with Gasteiger partial charge in [0.25, 0.3) is 0 Å². The van der Waals surface area contributed by atoms with E-state index in [1.807, 2.05) is 43.3 Å². The normalized spacial score (nSPS) is 15.0. The van der Waals surface area contributed by atoms with Crippen molar-refractivity contribution in [2.45, 2.75) is 39.3 Å². The summed E-state index contributed by atoms with van der Waals surface area (Å²) >= 11 is 6.40. The molecule has 2 aromatic carbocycles. The smallest absolute Gasteiger partial charge is 0.225 e. The fraction of sp³-hybridized carbons (Fsp3) is 0.333. The molecule has 0 bridgehead atoms. The van der Waals surface area contributed by atoms with Gasteiger partial charge in [-0.15, -0.1) is 0 Å². The van der Waals surface area contributed by atoms with Crippen molar-refractivity contribution in [3.05, 3.63) is 58.6 Å². The maximum absolute atomic E-state index is 6.40. The second-order valence-electron chi connectivity index (χ2n) is 7.08. The van der Waals surface area contributed by atoms with Crippen LogP contribution in [0.1, 0.15) is 30.9 Å².